The van der Waals surface area contributed by atoms with Crippen molar-refractivity contribution in [1.82, 2.24) is 24.8 Å². The molecule has 29 heavy (non-hydrogen) atoms. The molecule has 1 saturated heterocycles. The average molecular weight is 440 g/mol. The summed E-state index contributed by atoms with van der Waals surface area (Å²) in [4.78, 5) is 16.9. The van der Waals surface area contributed by atoms with Crippen molar-refractivity contribution >= 4 is 27.7 Å². The van der Waals surface area contributed by atoms with Crippen LogP contribution in [0.1, 0.15) is 18.7 Å². The summed E-state index contributed by atoms with van der Waals surface area (Å²) in [6.45, 7) is 2.90. The number of amides is 1. The Bertz CT molecular complexity index is 930. The van der Waals surface area contributed by atoms with E-state index in [4.69, 9.17) is 4.74 Å². The molecule has 0 saturated carbocycles. The van der Waals surface area contributed by atoms with Gasteiger partial charge < -0.3 is 10.1 Å². The summed E-state index contributed by atoms with van der Waals surface area (Å²) in [5.74, 6) is 1.51. The number of thioether (sulfide) groups is 1. The van der Waals surface area contributed by atoms with Gasteiger partial charge in [0.2, 0.25) is 21.1 Å². The number of rotatable bonds is 8. The van der Waals surface area contributed by atoms with E-state index in [-0.39, 0.29) is 23.3 Å². The average Bonchev–Trinajstić information content (AvgIpc) is 3.16. The molecule has 1 aliphatic rings. The molecule has 2 N–H and O–H groups in total. The number of methoxy groups -OCH3 is 1. The Labute approximate surface area is 174 Å². The Morgan fingerprint density at radius 2 is 2.14 bits per heavy atom. The van der Waals surface area contributed by atoms with Crippen molar-refractivity contribution in [2.75, 3.05) is 32.5 Å². The summed E-state index contributed by atoms with van der Waals surface area (Å²) in [5.41, 5.74) is 0. The highest BCUT2D eigenvalue weighted by Gasteiger charge is 2.33. The normalized spacial score (nSPS) is 17.8. The SMILES string of the molecule is COc1ccc(S(=O)(=O)N2CCC[C@@H](C(=O)NCCSc3n[nH]c(C)n3)C2)cc1. The molecule has 1 aromatic carbocycles. The molecule has 1 fully saturated rings. The number of hydrogen-bond acceptors (Lipinski definition) is 7. The maximum atomic E-state index is 12.9. The molecule has 0 spiro atoms. The lowest BCUT2D eigenvalue weighted by Gasteiger charge is -2.31. The lowest BCUT2D eigenvalue weighted by Crippen LogP contribution is -2.45. The number of nitrogens with zero attached hydrogens (tertiary/aromatic N) is 3. The van der Waals surface area contributed by atoms with E-state index in [1.807, 2.05) is 6.92 Å². The fourth-order valence-electron chi connectivity index (χ4n) is 3.12. The largest absolute Gasteiger partial charge is 0.497 e. The lowest BCUT2D eigenvalue weighted by atomic mass is 9.99. The van der Waals surface area contributed by atoms with E-state index in [0.29, 0.717) is 42.6 Å². The van der Waals surface area contributed by atoms with Gasteiger partial charge in [0.05, 0.1) is 17.9 Å². The van der Waals surface area contributed by atoms with E-state index in [1.54, 1.807) is 12.1 Å². The van der Waals surface area contributed by atoms with Crippen molar-refractivity contribution < 1.29 is 17.9 Å². The molecule has 9 nitrogen and oxygen atoms in total. The zero-order valence-corrected chi connectivity index (χ0v) is 18.1. The number of nitrogens with one attached hydrogen (secondary N) is 2. The Morgan fingerprint density at radius 3 is 2.79 bits per heavy atom. The number of ether oxygens (including phenoxy) is 1. The first-order chi connectivity index (χ1) is 13.9. The fourth-order valence-corrected chi connectivity index (χ4v) is 5.34. The Kier molecular flexibility index (Phi) is 7.14. The van der Waals surface area contributed by atoms with Crippen molar-refractivity contribution in [1.29, 1.82) is 0 Å². The Morgan fingerprint density at radius 1 is 1.38 bits per heavy atom. The smallest absolute Gasteiger partial charge is 0.243 e. The van der Waals surface area contributed by atoms with Crippen LogP contribution in [0, 0.1) is 12.8 Å². The summed E-state index contributed by atoms with van der Waals surface area (Å²) in [7, 11) is -2.11. The van der Waals surface area contributed by atoms with Gasteiger partial charge in [0, 0.05) is 25.4 Å². The topological polar surface area (TPSA) is 117 Å². The van der Waals surface area contributed by atoms with E-state index in [1.165, 1.54) is 35.3 Å². The highest BCUT2D eigenvalue weighted by molar-refractivity contribution is 7.99. The molecular formula is C18H25N5O4S2. The predicted molar refractivity (Wildman–Crippen MR) is 109 cm³/mol. The van der Waals surface area contributed by atoms with E-state index in [0.717, 1.165) is 5.82 Å². The number of H-pyrrole nitrogens is 1. The van der Waals surface area contributed by atoms with Gasteiger partial charge in [-0.05, 0) is 44.0 Å². The predicted octanol–water partition coefficient (Wildman–Crippen LogP) is 1.43. The van der Waals surface area contributed by atoms with Gasteiger partial charge in [0.1, 0.15) is 11.6 Å². The molecule has 1 aliphatic heterocycles. The summed E-state index contributed by atoms with van der Waals surface area (Å²) in [6.07, 6.45) is 1.33. The van der Waals surface area contributed by atoms with E-state index in [9.17, 15) is 13.2 Å². The van der Waals surface area contributed by atoms with Crippen LogP contribution < -0.4 is 10.1 Å². The van der Waals surface area contributed by atoms with Gasteiger partial charge in [0.25, 0.3) is 0 Å². The third-order valence-electron chi connectivity index (χ3n) is 4.66. The minimum absolute atomic E-state index is 0.119. The third kappa shape index (κ3) is 5.49. The minimum Gasteiger partial charge on any atom is -0.497 e. The van der Waals surface area contributed by atoms with Crippen molar-refractivity contribution in [2.24, 2.45) is 5.92 Å². The second-order valence-corrected chi connectivity index (χ2v) is 9.72. The van der Waals surface area contributed by atoms with Gasteiger partial charge in [-0.3, -0.25) is 9.89 Å². The van der Waals surface area contributed by atoms with Gasteiger partial charge in [0.15, 0.2) is 0 Å². The van der Waals surface area contributed by atoms with Gasteiger partial charge >= 0.3 is 0 Å². The molecule has 0 unspecified atom stereocenters. The summed E-state index contributed by atoms with van der Waals surface area (Å²) >= 11 is 1.45. The second kappa shape index (κ2) is 9.59. The third-order valence-corrected chi connectivity index (χ3v) is 7.39. The maximum absolute atomic E-state index is 12.9. The van der Waals surface area contributed by atoms with Crippen LogP contribution in [0.2, 0.25) is 0 Å². The van der Waals surface area contributed by atoms with Crippen LogP contribution in [0.4, 0.5) is 0 Å². The number of carbonyl (C=O) groups excluding carboxylic acids is 1. The van der Waals surface area contributed by atoms with Gasteiger partial charge in [-0.1, -0.05) is 11.8 Å². The summed E-state index contributed by atoms with van der Waals surface area (Å²) in [6, 6.07) is 6.29. The van der Waals surface area contributed by atoms with E-state index < -0.39 is 10.0 Å². The zero-order chi connectivity index (χ0) is 20.9. The molecule has 3 rings (SSSR count). The molecule has 1 atom stereocenters. The highest BCUT2D eigenvalue weighted by atomic mass is 32.2. The molecule has 2 heterocycles. The van der Waals surface area contributed by atoms with Crippen LogP contribution in [-0.2, 0) is 14.8 Å². The fraction of sp³-hybridized carbons (Fsp3) is 0.500. The molecule has 1 amide bonds. The standard InChI is InChI=1S/C18H25N5O4S2/c1-13-20-18(22-21-13)28-11-9-19-17(24)14-4-3-10-23(12-14)29(25,26)16-7-5-15(27-2)6-8-16/h5-8,14H,3-4,9-12H2,1-2H3,(H,19,24)(H,20,21,22)/t14-/m1/s1. The number of benzene rings is 1. The van der Waals surface area contributed by atoms with Crippen molar-refractivity contribution in [3.05, 3.63) is 30.1 Å². The van der Waals surface area contributed by atoms with Crippen molar-refractivity contribution in [3.63, 3.8) is 0 Å². The van der Waals surface area contributed by atoms with Crippen LogP contribution in [0.3, 0.4) is 0 Å². The number of aryl methyl sites for hydroxylation is 1. The minimum atomic E-state index is -3.64. The first-order valence-electron chi connectivity index (χ1n) is 9.34. The van der Waals surface area contributed by atoms with Crippen LogP contribution in [0.5, 0.6) is 5.75 Å². The number of sulfonamides is 1. The summed E-state index contributed by atoms with van der Waals surface area (Å²) < 4.78 is 32.3. The first kappa shape index (κ1) is 21.6. The molecule has 1 aromatic heterocycles. The van der Waals surface area contributed by atoms with Crippen LogP contribution >= 0.6 is 11.8 Å². The molecular weight excluding hydrogens is 414 g/mol. The van der Waals surface area contributed by atoms with E-state index in [2.05, 4.69) is 20.5 Å². The van der Waals surface area contributed by atoms with Crippen LogP contribution in [-0.4, -0.2) is 66.3 Å². The Hall–Kier alpha value is -2.11. The molecule has 158 valence electrons. The maximum Gasteiger partial charge on any atom is 0.243 e. The van der Waals surface area contributed by atoms with Crippen LogP contribution in [0.15, 0.2) is 34.3 Å². The van der Waals surface area contributed by atoms with Gasteiger partial charge in [-0.25, -0.2) is 13.4 Å². The van der Waals surface area contributed by atoms with Crippen molar-refractivity contribution in [2.45, 2.75) is 29.8 Å². The monoisotopic (exact) mass is 439 g/mol. The molecule has 0 aliphatic carbocycles. The van der Waals surface area contributed by atoms with Gasteiger partial charge in [-0.15, -0.1) is 5.10 Å². The quantitative estimate of drug-likeness (QED) is 0.472. The van der Waals surface area contributed by atoms with E-state index >= 15 is 0 Å². The van der Waals surface area contributed by atoms with Crippen LogP contribution in [0.25, 0.3) is 0 Å². The lowest BCUT2D eigenvalue weighted by molar-refractivity contribution is -0.125. The van der Waals surface area contributed by atoms with Crippen molar-refractivity contribution in [3.8, 4) is 5.75 Å². The molecule has 2 aromatic rings. The molecule has 11 heteroatoms. The molecule has 0 radical (unpaired) electrons. The van der Waals surface area contributed by atoms with Gasteiger partial charge in [-0.2, -0.15) is 4.31 Å². The first-order valence-corrected chi connectivity index (χ1v) is 11.8. The zero-order valence-electron chi connectivity index (χ0n) is 16.4. The molecule has 0 bridgehead atoms. The number of carbonyl (C=O) groups is 1. The highest BCUT2D eigenvalue weighted by Crippen LogP contribution is 2.25. The Balaban J connectivity index is 1.52. The number of aromatic amines is 1. The second-order valence-electron chi connectivity index (χ2n) is 6.72. The number of hydrogen-bond donors (Lipinski definition) is 2. The summed E-state index contributed by atoms with van der Waals surface area (Å²) in [5, 5.41) is 10.3. The number of aromatic nitrogens is 3. The number of piperidine rings is 1.